The number of nitrogens with one attached hydrogen (secondary N) is 1. The third kappa shape index (κ3) is 4.00. The number of nitrogens with zero attached hydrogens (tertiary/aromatic N) is 1. The van der Waals surface area contributed by atoms with Crippen LogP contribution in [0.1, 0.15) is 26.7 Å². The molecule has 2 rings (SSSR count). The SMILES string of the molecule is COc1cccc(NC(=O)C2CCN(C(=O)C(C)C)CC2)c1. The van der Waals surface area contributed by atoms with E-state index in [0.29, 0.717) is 25.9 Å². The van der Waals surface area contributed by atoms with E-state index in [1.807, 2.05) is 36.9 Å². The molecule has 1 N–H and O–H groups in total. The molecule has 5 nitrogen and oxygen atoms in total. The lowest BCUT2D eigenvalue weighted by molar-refractivity contribution is -0.137. The van der Waals surface area contributed by atoms with Gasteiger partial charge in [-0.2, -0.15) is 0 Å². The first-order valence-electron chi connectivity index (χ1n) is 7.75. The first kappa shape index (κ1) is 16.3. The van der Waals surface area contributed by atoms with Gasteiger partial charge in [-0.25, -0.2) is 0 Å². The summed E-state index contributed by atoms with van der Waals surface area (Å²) in [6.45, 7) is 5.13. The Morgan fingerprint density at radius 1 is 1.27 bits per heavy atom. The minimum Gasteiger partial charge on any atom is -0.497 e. The second-order valence-electron chi connectivity index (χ2n) is 5.98. The molecule has 1 saturated heterocycles. The topological polar surface area (TPSA) is 58.6 Å². The third-order valence-corrected chi connectivity index (χ3v) is 4.01. The van der Waals surface area contributed by atoms with Crippen molar-refractivity contribution in [3.8, 4) is 5.75 Å². The Kier molecular flexibility index (Phi) is 5.41. The predicted molar refractivity (Wildman–Crippen MR) is 85.8 cm³/mol. The highest BCUT2D eigenvalue weighted by Gasteiger charge is 2.28. The molecular formula is C17H24N2O3. The largest absolute Gasteiger partial charge is 0.497 e. The van der Waals surface area contributed by atoms with E-state index < -0.39 is 0 Å². The molecule has 120 valence electrons. The van der Waals surface area contributed by atoms with Crippen LogP contribution in [0.2, 0.25) is 0 Å². The summed E-state index contributed by atoms with van der Waals surface area (Å²) in [5.41, 5.74) is 0.741. The van der Waals surface area contributed by atoms with Crippen LogP contribution in [0.15, 0.2) is 24.3 Å². The molecule has 5 heteroatoms. The minimum absolute atomic E-state index is 0.0159. The Morgan fingerprint density at radius 3 is 2.55 bits per heavy atom. The molecule has 1 aliphatic rings. The van der Waals surface area contributed by atoms with Crippen molar-refractivity contribution in [2.45, 2.75) is 26.7 Å². The van der Waals surface area contributed by atoms with Crippen molar-refractivity contribution in [1.29, 1.82) is 0 Å². The highest BCUT2D eigenvalue weighted by atomic mass is 16.5. The normalized spacial score (nSPS) is 15.7. The molecule has 1 aromatic carbocycles. The molecule has 1 fully saturated rings. The standard InChI is InChI=1S/C17H24N2O3/c1-12(2)17(21)19-9-7-13(8-10-19)16(20)18-14-5-4-6-15(11-14)22-3/h4-6,11-13H,7-10H2,1-3H3,(H,18,20). The highest BCUT2D eigenvalue weighted by molar-refractivity contribution is 5.93. The van der Waals surface area contributed by atoms with E-state index >= 15 is 0 Å². The molecule has 22 heavy (non-hydrogen) atoms. The van der Waals surface area contributed by atoms with Gasteiger partial charge in [-0.05, 0) is 25.0 Å². The van der Waals surface area contributed by atoms with E-state index in [2.05, 4.69) is 5.32 Å². The fourth-order valence-corrected chi connectivity index (χ4v) is 2.67. The summed E-state index contributed by atoms with van der Waals surface area (Å²) < 4.78 is 5.15. The molecule has 0 aromatic heterocycles. The van der Waals surface area contributed by atoms with Gasteiger partial charge in [0, 0.05) is 36.7 Å². The summed E-state index contributed by atoms with van der Waals surface area (Å²) in [6, 6.07) is 7.33. The molecule has 1 aromatic rings. The van der Waals surface area contributed by atoms with E-state index in [0.717, 1.165) is 11.4 Å². The quantitative estimate of drug-likeness (QED) is 0.930. The molecule has 0 saturated carbocycles. The molecule has 1 aliphatic heterocycles. The van der Waals surface area contributed by atoms with Crippen molar-refractivity contribution < 1.29 is 14.3 Å². The monoisotopic (exact) mass is 304 g/mol. The van der Waals surface area contributed by atoms with Crippen molar-refractivity contribution in [1.82, 2.24) is 4.90 Å². The Bertz CT molecular complexity index is 534. The smallest absolute Gasteiger partial charge is 0.227 e. The minimum atomic E-state index is -0.0394. The maximum Gasteiger partial charge on any atom is 0.227 e. The second-order valence-corrected chi connectivity index (χ2v) is 5.98. The number of methoxy groups -OCH3 is 1. The van der Waals surface area contributed by atoms with Crippen molar-refractivity contribution in [2.24, 2.45) is 11.8 Å². The van der Waals surface area contributed by atoms with E-state index in [1.54, 1.807) is 13.2 Å². The number of rotatable bonds is 4. The number of likely N-dealkylation sites (tertiary alicyclic amines) is 1. The van der Waals surface area contributed by atoms with Gasteiger partial charge in [0.25, 0.3) is 0 Å². The summed E-state index contributed by atoms with van der Waals surface area (Å²) in [5, 5.41) is 2.93. The Hall–Kier alpha value is -2.04. The average Bonchev–Trinajstić information content (AvgIpc) is 2.54. The van der Waals surface area contributed by atoms with Crippen LogP contribution in [0, 0.1) is 11.8 Å². The molecule has 0 spiro atoms. The van der Waals surface area contributed by atoms with E-state index in [4.69, 9.17) is 4.74 Å². The number of ether oxygens (including phenoxy) is 1. The number of benzene rings is 1. The van der Waals surface area contributed by atoms with Crippen LogP contribution in [0.3, 0.4) is 0 Å². The van der Waals surface area contributed by atoms with Crippen LogP contribution in [-0.4, -0.2) is 36.9 Å². The molecule has 1 heterocycles. The van der Waals surface area contributed by atoms with Crippen LogP contribution in [-0.2, 0) is 9.59 Å². The first-order chi connectivity index (χ1) is 10.5. The molecule has 0 radical (unpaired) electrons. The van der Waals surface area contributed by atoms with Crippen LogP contribution in [0.4, 0.5) is 5.69 Å². The molecule has 0 atom stereocenters. The number of piperidine rings is 1. The van der Waals surface area contributed by atoms with Crippen molar-refractivity contribution in [2.75, 3.05) is 25.5 Å². The molecule has 2 amide bonds. The summed E-state index contributed by atoms with van der Waals surface area (Å²) >= 11 is 0. The molecular weight excluding hydrogens is 280 g/mol. The van der Waals surface area contributed by atoms with Gasteiger partial charge in [0.15, 0.2) is 0 Å². The average molecular weight is 304 g/mol. The lowest BCUT2D eigenvalue weighted by Gasteiger charge is -2.32. The first-order valence-corrected chi connectivity index (χ1v) is 7.75. The number of anilines is 1. The fraction of sp³-hybridized carbons (Fsp3) is 0.529. The Balaban J connectivity index is 1.88. The number of carbonyl (C=O) groups is 2. The van der Waals surface area contributed by atoms with Crippen LogP contribution >= 0.6 is 0 Å². The lowest BCUT2D eigenvalue weighted by atomic mass is 9.95. The van der Waals surface area contributed by atoms with Crippen molar-refractivity contribution in [3.05, 3.63) is 24.3 Å². The van der Waals surface area contributed by atoms with Gasteiger partial charge in [0.05, 0.1) is 7.11 Å². The molecule has 0 unspecified atom stereocenters. The maximum absolute atomic E-state index is 12.3. The zero-order valence-electron chi connectivity index (χ0n) is 13.5. The van der Waals surface area contributed by atoms with Crippen LogP contribution in [0.25, 0.3) is 0 Å². The predicted octanol–water partition coefficient (Wildman–Crippen LogP) is 2.53. The summed E-state index contributed by atoms with van der Waals surface area (Å²) in [6.07, 6.45) is 1.43. The molecule has 0 bridgehead atoms. The summed E-state index contributed by atoms with van der Waals surface area (Å²) in [5.74, 6) is 0.885. The van der Waals surface area contributed by atoms with Gasteiger partial charge >= 0.3 is 0 Å². The number of carbonyl (C=O) groups excluding carboxylic acids is 2. The van der Waals surface area contributed by atoms with Gasteiger partial charge in [0.2, 0.25) is 11.8 Å². The van der Waals surface area contributed by atoms with Crippen molar-refractivity contribution in [3.63, 3.8) is 0 Å². The number of hydrogen-bond acceptors (Lipinski definition) is 3. The highest BCUT2D eigenvalue weighted by Crippen LogP contribution is 2.22. The van der Waals surface area contributed by atoms with Crippen molar-refractivity contribution >= 4 is 17.5 Å². The number of amides is 2. The van der Waals surface area contributed by atoms with Crippen LogP contribution < -0.4 is 10.1 Å². The lowest BCUT2D eigenvalue weighted by Crippen LogP contribution is -2.43. The third-order valence-electron chi connectivity index (χ3n) is 4.01. The maximum atomic E-state index is 12.3. The van der Waals surface area contributed by atoms with E-state index in [1.165, 1.54) is 0 Å². The van der Waals surface area contributed by atoms with E-state index in [9.17, 15) is 9.59 Å². The zero-order chi connectivity index (χ0) is 16.1. The van der Waals surface area contributed by atoms with Gasteiger partial charge < -0.3 is 15.0 Å². The van der Waals surface area contributed by atoms with Gasteiger partial charge in [-0.3, -0.25) is 9.59 Å². The zero-order valence-corrected chi connectivity index (χ0v) is 13.5. The Labute approximate surface area is 131 Å². The Morgan fingerprint density at radius 2 is 1.95 bits per heavy atom. The van der Waals surface area contributed by atoms with Gasteiger partial charge in [-0.15, -0.1) is 0 Å². The van der Waals surface area contributed by atoms with Gasteiger partial charge in [-0.1, -0.05) is 19.9 Å². The molecule has 0 aliphatic carbocycles. The number of hydrogen-bond donors (Lipinski definition) is 1. The van der Waals surface area contributed by atoms with E-state index in [-0.39, 0.29) is 23.7 Å². The van der Waals surface area contributed by atoms with Crippen LogP contribution in [0.5, 0.6) is 5.75 Å². The summed E-state index contributed by atoms with van der Waals surface area (Å²) in [4.78, 5) is 26.1. The fourth-order valence-electron chi connectivity index (χ4n) is 2.67. The van der Waals surface area contributed by atoms with Gasteiger partial charge in [0.1, 0.15) is 5.75 Å². The second kappa shape index (κ2) is 7.29. The summed E-state index contributed by atoms with van der Waals surface area (Å²) in [7, 11) is 1.60.